The quantitative estimate of drug-likeness (QED) is 0.905. The fourth-order valence-corrected chi connectivity index (χ4v) is 2.79. The van der Waals surface area contributed by atoms with Gasteiger partial charge in [-0.05, 0) is 49.1 Å². The van der Waals surface area contributed by atoms with Crippen LogP contribution in [0.3, 0.4) is 0 Å². The van der Waals surface area contributed by atoms with Crippen LogP contribution in [0.1, 0.15) is 27.7 Å². The second-order valence-corrected chi connectivity index (χ2v) is 5.72. The molecule has 1 aromatic carbocycles. The lowest BCUT2D eigenvalue weighted by Crippen LogP contribution is -2.21. The molecule has 0 aliphatic rings. The highest BCUT2D eigenvalue weighted by atomic mass is 35.5. The summed E-state index contributed by atoms with van der Waals surface area (Å²) in [5, 5.41) is 5.42. The molecule has 0 aliphatic carbocycles. The van der Waals surface area contributed by atoms with Crippen LogP contribution in [0.4, 0.5) is 0 Å². The highest BCUT2D eigenvalue weighted by Gasteiger charge is 2.08. The number of thiophene rings is 1. The summed E-state index contributed by atoms with van der Waals surface area (Å²) in [7, 11) is 0. The molecule has 0 unspecified atom stereocenters. The smallest absolute Gasteiger partial charge is 0.261 e. The molecule has 106 valence electrons. The Balaban J connectivity index is 1.99. The van der Waals surface area contributed by atoms with E-state index in [2.05, 4.69) is 5.32 Å². The summed E-state index contributed by atoms with van der Waals surface area (Å²) in [6, 6.07) is 7.39. The zero-order chi connectivity index (χ0) is 14.5. The van der Waals surface area contributed by atoms with Crippen LogP contribution in [0.25, 0.3) is 0 Å². The van der Waals surface area contributed by atoms with Gasteiger partial charge in [0.1, 0.15) is 12.4 Å². The molecule has 0 aliphatic heterocycles. The predicted octanol–water partition coefficient (Wildman–Crippen LogP) is 4.04. The molecule has 1 aromatic heterocycles. The van der Waals surface area contributed by atoms with Crippen molar-refractivity contribution in [3.8, 4) is 5.75 Å². The van der Waals surface area contributed by atoms with Crippen LogP contribution in [0.15, 0.2) is 29.6 Å². The summed E-state index contributed by atoms with van der Waals surface area (Å²) < 4.78 is 5.75. The number of aryl methyl sites for hydroxylation is 1. The normalized spacial score (nSPS) is 10.3. The van der Waals surface area contributed by atoms with Crippen molar-refractivity contribution in [2.24, 2.45) is 0 Å². The topological polar surface area (TPSA) is 38.3 Å². The minimum absolute atomic E-state index is 0.0357. The molecule has 0 spiro atoms. The van der Waals surface area contributed by atoms with Crippen molar-refractivity contribution in [3.63, 3.8) is 0 Å². The number of carbonyl (C=O) groups excluding carboxylic acids is 1. The molecule has 5 heteroatoms. The number of ether oxygens (including phenoxy) is 1. The third-order valence-corrected chi connectivity index (χ3v) is 3.96. The average molecular weight is 310 g/mol. The third kappa shape index (κ3) is 3.74. The highest BCUT2D eigenvalue weighted by molar-refractivity contribution is 7.12. The molecular weight excluding hydrogens is 294 g/mol. The van der Waals surface area contributed by atoms with E-state index in [1.807, 2.05) is 37.4 Å². The molecule has 0 saturated carbocycles. The monoisotopic (exact) mass is 309 g/mol. The van der Waals surface area contributed by atoms with E-state index in [9.17, 15) is 4.79 Å². The van der Waals surface area contributed by atoms with E-state index in [4.69, 9.17) is 16.3 Å². The van der Waals surface area contributed by atoms with E-state index in [1.165, 1.54) is 11.3 Å². The molecule has 1 amide bonds. The number of amides is 1. The van der Waals surface area contributed by atoms with Crippen LogP contribution in [0.5, 0.6) is 5.75 Å². The van der Waals surface area contributed by atoms with Crippen LogP contribution in [-0.2, 0) is 6.61 Å². The minimum atomic E-state index is -0.0357. The van der Waals surface area contributed by atoms with E-state index in [1.54, 1.807) is 6.07 Å². The molecule has 3 nitrogen and oxygen atoms in total. The van der Waals surface area contributed by atoms with Crippen LogP contribution in [0.2, 0.25) is 5.02 Å². The maximum absolute atomic E-state index is 11.7. The van der Waals surface area contributed by atoms with E-state index in [-0.39, 0.29) is 5.91 Å². The molecule has 0 saturated heterocycles. The van der Waals surface area contributed by atoms with Gasteiger partial charge < -0.3 is 10.1 Å². The lowest BCUT2D eigenvalue weighted by atomic mass is 10.2. The summed E-state index contributed by atoms with van der Waals surface area (Å²) in [4.78, 5) is 12.4. The fraction of sp³-hybridized carbons (Fsp3) is 0.267. The van der Waals surface area contributed by atoms with Gasteiger partial charge in [-0.1, -0.05) is 11.6 Å². The summed E-state index contributed by atoms with van der Waals surface area (Å²) >= 11 is 7.33. The molecule has 0 fully saturated rings. The molecular formula is C15H16ClNO2S. The number of hydrogen-bond donors (Lipinski definition) is 1. The molecule has 0 bridgehead atoms. The predicted molar refractivity (Wildman–Crippen MR) is 82.8 cm³/mol. The van der Waals surface area contributed by atoms with E-state index >= 15 is 0 Å². The van der Waals surface area contributed by atoms with Gasteiger partial charge in [-0.3, -0.25) is 4.79 Å². The van der Waals surface area contributed by atoms with E-state index in [0.717, 1.165) is 16.9 Å². The zero-order valence-electron chi connectivity index (χ0n) is 11.4. The number of rotatable bonds is 5. The second kappa shape index (κ2) is 6.77. The van der Waals surface area contributed by atoms with Crippen molar-refractivity contribution in [3.05, 3.63) is 50.7 Å². The first-order valence-electron chi connectivity index (χ1n) is 6.34. The maximum Gasteiger partial charge on any atom is 0.261 e. The summed E-state index contributed by atoms with van der Waals surface area (Å²) in [5.41, 5.74) is 1.99. The largest absolute Gasteiger partial charge is 0.489 e. The van der Waals surface area contributed by atoms with Gasteiger partial charge in [0, 0.05) is 17.1 Å². The van der Waals surface area contributed by atoms with Crippen molar-refractivity contribution in [1.29, 1.82) is 0 Å². The van der Waals surface area contributed by atoms with Gasteiger partial charge in [0.15, 0.2) is 0 Å². The standard InChI is InChI=1S/C15H16ClNO2S/c1-3-17-15(18)14-7-11(9-20-14)8-19-13-5-4-12(16)6-10(13)2/h4-7,9H,3,8H2,1-2H3,(H,17,18). The van der Waals surface area contributed by atoms with E-state index < -0.39 is 0 Å². The van der Waals surface area contributed by atoms with Gasteiger partial charge in [0.25, 0.3) is 5.91 Å². The third-order valence-electron chi connectivity index (χ3n) is 2.75. The van der Waals surface area contributed by atoms with Crippen molar-refractivity contribution in [2.75, 3.05) is 6.54 Å². The Bertz CT molecular complexity index is 610. The maximum atomic E-state index is 11.7. The molecule has 0 radical (unpaired) electrons. The molecule has 1 N–H and O–H groups in total. The molecule has 1 heterocycles. The molecule has 2 aromatic rings. The first kappa shape index (κ1) is 14.9. The first-order valence-corrected chi connectivity index (χ1v) is 7.60. The summed E-state index contributed by atoms with van der Waals surface area (Å²) in [5.74, 6) is 0.770. The lowest BCUT2D eigenvalue weighted by molar-refractivity contribution is 0.0960. The molecule has 2 rings (SSSR count). The van der Waals surface area contributed by atoms with Crippen molar-refractivity contribution in [2.45, 2.75) is 20.5 Å². The van der Waals surface area contributed by atoms with Gasteiger partial charge >= 0.3 is 0 Å². The van der Waals surface area contributed by atoms with E-state index in [0.29, 0.717) is 23.1 Å². The highest BCUT2D eigenvalue weighted by Crippen LogP contribution is 2.23. The summed E-state index contributed by atoms with van der Waals surface area (Å²) in [6.45, 7) is 4.93. The van der Waals surface area contributed by atoms with Gasteiger partial charge in [-0.15, -0.1) is 11.3 Å². The number of benzene rings is 1. The Morgan fingerprint density at radius 2 is 2.20 bits per heavy atom. The first-order chi connectivity index (χ1) is 9.60. The van der Waals surface area contributed by atoms with Crippen LogP contribution >= 0.6 is 22.9 Å². The van der Waals surface area contributed by atoms with Gasteiger partial charge in [-0.25, -0.2) is 0 Å². The number of halogens is 1. The fourth-order valence-electron chi connectivity index (χ4n) is 1.75. The minimum Gasteiger partial charge on any atom is -0.489 e. The van der Waals surface area contributed by atoms with Crippen LogP contribution < -0.4 is 10.1 Å². The number of nitrogens with one attached hydrogen (secondary N) is 1. The Hall–Kier alpha value is -1.52. The summed E-state index contributed by atoms with van der Waals surface area (Å²) in [6.07, 6.45) is 0. The van der Waals surface area contributed by atoms with Crippen molar-refractivity contribution < 1.29 is 9.53 Å². The van der Waals surface area contributed by atoms with Crippen molar-refractivity contribution >= 4 is 28.8 Å². The Morgan fingerprint density at radius 3 is 2.90 bits per heavy atom. The Morgan fingerprint density at radius 1 is 1.40 bits per heavy atom. The lowest BCUT2D eigenvalue weighted by Gasteiger charge is -2.08. The van der Waals surface area contributed by atoms with Crippen molar-refractivity contribution in [1.82, 2.24) is 5.32 Å². The van der Waals surface area contributed by atoms with Gasteiger partial charge in [0.05, 0.1) is 4.88 Å². The van der Waals surface area contributed by atoms with Crippen LogP contribution in [0, 0.1) is 6.92 Å². The zero-order valence-corrected chi connectivity index (χ0v) is 13.0. The van der Waals surface area contributed by atoms with Gasteiger partial charge in [-0.2, -0.15) is 0 Å². The molecule has 0 atom stereocenters. The SMILES string of the molecule is CCNC(=O)c1cc(COc2ccc(Cl)cc2C)cs1. The number of hydrogen-bond acceptors (Lipinski definition) is 3. The number of carbonyl (C=O) groups is 1. The average Bonchev–Trinajstić information content (AvgIpc) is 2.87. The van der Waals surface area contributed by atoms with Gasteiger partial charge in [0.2, 0.25) is 0 Å². The second-order valence-electron chi connectivity index (χ2n) is 4.38. The Kier molecular flexibility index (Phi) is 5.04. The Labute approximate surface area is 127 Å². The van der Waals surface area contributed by atoms with Crippen LogP contribution in [-0.4, -0.2) is 12.5 Å². The molecule has 20 heavy (non-hydrogen) atoms.